The molecule has 190 valence electrons. The van der Waals surface area contributed by atoms with Crippen LogP contribution in [-0.2, 0) is 16.6 Å². The lowest BCUT2D eigenvalue weighted by atomic mass is 10.1. The number of nitrogens with zero attached hydrogens (tertiary/aromatic N) is 3. The van der Waals surface area contributed by atoms with Crippen molar-refractivity contribution in [3.8, 4) is 17.1 Å². The maximum absolute atomic E-state index is 13.7. The van der Waals surface area contributed by atoms with E-state index in [1.807, 2.05) is 98.8 Å². The summed E-state index contributed by atoms with van der Waals surface area (Å²) in [4.78, 5) is 5.23. The van der Waals surface area contributed by atoms with Crippen LogP contribution in [0.3, 0.4) is 0 Å². The number of benzene rings is 4. The highest BCUT2D eigenvalue weighted by Gasteiger charge is 2.23. The summed E-state index contributed by atoms with van der Waals surface area (Å²) >= 11 is 0. The van der Waals surface area contributed by atoms with Crippen molar-refractivity contribution in [2.45, 2.75) is 25.3 Å². The van der Waals surface area contributed by atoms with Gasteiger partial charge in [-0.05, 0) is 61.9 Å². The highest BCUT2D eigenvalue weighted by atomic mass is 32.2. The maximum atomic E-state index is 13.7. The molecular formula is C31H27N3O3S. The molecule has 0 spiro atoms. The Bertz CT molecular complexity index is 1880. The van der Waals surface area contributed by atoms with Crippen molar-refractivity contribution in [2.75, 3.05) is 6.61 Å². The van der Waals surface area contributed by atoms with Crippen LogP contribution in [0.5, 0.6) is 5.75 Å². The average Bonchev–Trinajstić information content (AvgIpc) is 3.49. The minimum absolute atomic E-state index is 0.259. The van der Waals surface area contributed by atoms with Gasteiger partial charge in [-0.15, -0.1) is 0 Å². The van der Waals surface area contributed by atoms with Gasteiger partial charge in [0.2, 0.25) is 0 Å². The molecule has 0 aliphatic carbocycles. The highest BCUT2D eigenvalue weighted by molar-refractivity contribution is 7.90. The van der Waals surface area contributed by atoms with Gasteiger partial charge in [-0.3, -0.25) is 0 Å². The molecule has 6 aromatic rings. The van der Waals surface area contributed by atoms with E-state index in [-0.39, 0.29) is 4.90 Å². The molecule has 0 N–H and O–H groups in total. The molecule has 0 radical (unpaired) electrons. The Morgan fingerprint density at radius 1 is 0.816 bits per heavy atom. The van der Waals surface area contributed by atoms with Gasteiger partial charge in [-0.25, -0.2) is 17.4 Å². The number of ether oxygens (including phenoxy) is 1. The Kier molecular flexibility index (Phi) is 6.00. The first kappa shape index (κ1) is 24.0. The number of aryl methyl sites for hydroxylation is 1. The van der Waals surface area contributed by atoms with E-state index in [4.69, 9.17) is 9.72 Å². The lowest BCUT2D eigenvalue weighted by Gasteiger charge is -2.13. The Balaban J connectivity index is 1.54. The van der Waals surface area contributed by atoms with E-state index < -0.39 is 10.0 Å². The second kappa shape index (κ2) is 9.50. The predicted octanol–water partition coefficient (Wildman–Crippen LogP) is 6.65. The number of rotatable bonds is 7. The Morgan fingerprint density at radius 3 is 2.29 bits per heavy atom. The van der Waals surface area contributed by atoms with Gasteiger partial charge >= 0.3 is 0 Å². The molecule has 6 nitrogen and oxygen atoms in total. The summed E-state index contributed by atoms with van der Waals surface area (Å²) in [7, 11) is -3.79. The topological polar surface area (TPSA) is 66.1 Å². The lowest BCUT2D eigenvalue weighted by Crippen LogP contribution is -2.12. The molecule has 0 saturated heterocycles. The first-order chi connectivity index (χ1) is 18.5. The number of hydrogen-bond donors (Lipinski definition) is 0. The summed E-state index contributed by atoms with van der Waals surface area (Å²) in [6, 6.07) is 30.4. The lowest BCUT2D eigenvalue weighted by molar-refractivity contribution is 0.341. The maximum Gasteiger partial charge on any atom is 0.268 e. The van der Waals surface area contributed by atoms with E-state index in [0.29, 0.717) is 18.7 Å². The molecule has 2 heterocycles. The molecule has 7 heteroatoms. The van der Waals surface area contributed by atoms with Gasteiger partial charge in [-0.1, -0.05) is 60.2 Å². The summed E-state index contributed by atoms with van der Waals surface area (Å²) in [5, 5.41) is 0.880. The van der Waals surface area contributed by atoms with Crippen molar-refractivity contribution in [1.82, 2.24) is 13.5 Å². The molecule has 0 unspecified atom stereocenters. The van der Waals surface area contributed by atoms with E-state index >= 15 is 0 Å². The first-order valence-electron chi connectivity index (χ1n) is 12.6. The van der Waals surface area contributed by atoms with Crippen molar-refractivity contribution < 1.29 is 13.2 Å². The van der Waals surface area contributed by atoms with Gasteiger partial charge in [0.05, 0.1) is 40.2 Å². The quantitative estimate of drug-likeness (QED) is 0.236. The minimum Gasteiger partial charge on any atom is -0.493 e. The number of hydrogen-bond acceptors (Lipinski definition) is 4. The third-order valence-corrected chi connectivity index (χ3v) is 8.44. The molecule has 0 saturated carbocycles. The molecule has 0 aliphatic heterocycles. The van der Waals surface area contributed by atoms with Crippen LogP contribution in [0.4, 0.5) is 0 Å². The van der Waals surface area contributed by atoms with Crippen LogP contribution in [0.15, 0.2) is 108 Å². The van der Waals surface area contributed by atoms with Crippen LogP contribution in [-0.4, -0.2) is 28.5 Å². The monoisotopic (exact) mass is 521 g/mol. The van der Waals surface area contributed by atoms with Gasteiger partial charge in [0.15, 0.2) is 0 Å². The van der Waals surface area contributed by atoms with Crippen molar-refractivity contribution in [2.24, 2.45) is 0 Å². The third-order valence-electron chi connectivity index (χ3n) is 6.75. The SMILES string of the molecule is CCOc1ccccc1-c1nc2ccccc2n1Cc1cn(S(=O)(=O)c2ccc(C)cc2)c2ccccc12. The zero-order valence-corrected chi connectivity index (χ0v) is 22.0. The molecule has 0 bridgehead atoms. The predicted molar refractivity (Wildman–Crippen MR) is 151 cm³/mol. The van der Waals surface area contributed by atoms with Crippen LogP contribution < -0.4 is 4.74 Å². The minimum atomic E-state index is -3.79. The second-order valence-electron chi connectivity index (χ2n) is 9.22. The molecular weight excluding hydrogens is 494 g/mol. The van der Waals surface area contributed by atoms with Crippen molar-refractivity contribution in [3.05, 3.63) is 114 Å². The molecule has 0 amide bonds. The average molecular weight is 522 g/mol. The molecule has 2 aromatic heterocycles. The Morgan fingerprint density at radius 2 is 1.50 bits per heavy atom. The van der Waals surface area contributed by atoms with E-state index in [1.165, 1.54) is 3.97 Å². The molecule has 0 atom stereocenters. The molecule has 38 heavy (non-hydrogen) atoms. The smallest absolute Gasteiger partial charge is 0.268 e. The van der Waals surface area contributed by atoms with Gasteiger partial charge in [0.25, 0.3) is 10.0 Å². The van der Waals surface area contributed by atoms with E-state index in [9.17, 15) is 8.42 Å². The summed E-state index contributed by atoms with van der Waals surface area (Å²) in [6.45, 7) is 4.88. The molecule has 4 aromatic carbocycles. The van der Waals surface area contributed by atoms with Crippen LogP contribution in [0.25, 0.3) is 33.3 Å². The van der Waals surface area contributed by atoms with Crippen molar-refractivity contribution in [1.29, 1.82) is 0 Å². The van der Waals surface area contributed by atoms with Gasteiger partial charge in [-0.2, -0.15) is 0 Å². The van der Waals surface area contributed by atoms with E-state index in [0.717, 1.165) is 44.7 Å². The van der Waals surface area contributed by atoms with E-state index in [1.54, 1.807) is 18.3 Å². The molecule has 0 aliphatic rings. The van der Waals surface area contributed by atoms with Crippen LogP contribution in [0, 0.1) is 6.92 Å². The van der Waals surface area contributed by atoms with Crippen LogP contribution in [0.2, 0.25) is 0 Å². The van der Waals surface area contributed by atoms with E-state index in [2.05, 4.69) is 4.57 Å². The number of fused-ring (bicyclic) bond motifs is 2. The summed E-state index contributed by atoms with van der Waals surface area (Å²) in [5.41, 5.74) is 5.26. The number of imidazole rings is 1. The Labute approximate surface area is 221 Å². The zero-order valence-electron chi connectivity index (χ0n) is 21.2. The third kappa shape index (κ3) is 4.05. The van der Waals surface area contributed by atoms with Crippen molar-refractivity contribution in [3.63, 3.8) is 0 Å². The number of para-hydroxylation sites is 4. The highest BCUT2D eigenvalue weighted by Crippen LogP contribution is 2.34. The van der Waals surface area contributed by atoms with Crippen LogP contribution >= 0.6 is 0 Å². The first-order valence-corrected chi connectivity index (χ1v) is 14.0. The Hall–Kier alpha value is -4.36. The molecule has 6 rings (SSSR count). The molecule has 0 fully saturated rings. The second-order valence-corrected chi connectivity index (χ2v) is 11.0. The normalized spacial score (nSPS) is 11.8. The summed E-state index contributed by atoms with van der Waals surface area (Å²) < 4.78 is 36.9. The van der Waals surface area contributed by atoms with Gasteiger partial charge < -0.3 is 9.30 Å². The largest absolute Gasteiger partial charge is 0.493 e. The fourth-order valence-corrected chi connectivity index (χ4v) is 6.30. The van der Waals surface area contributed by atoms with Gasteiger partial charge in [0.1, 0.15) is 11.6 Å². The van der Waals surface area contributed by atoms with Gasteiger partial charge in [0, 0.05) is 11.6 Å². The van der Waals surface area contributed by atoms with Crippen molar-refractivity contribution >= 4 is 32.0 Å². The summed E-state index contributed by atoms with van der Waals surface area (Å²) in [5.74, 6) is 1.53. The fourth-order valence-electron chi connectivity index (χ4n) is 4.91. The zero-order chi connectivity index (χ0) is 26.3. The standard InChI is InChI=1S/C31H27N3O3S/c1-3-37-30-15-9-5-11-26(30)31-32-27-12-6-8-14-29(27)33(31)20-23-21-34(28-13-7-4-10-25(23)28)38(35,36)24-18-16-22(2)17-19-24/h4-19,21H,3,20H2,1-2H3. The van der Waals surface area contributed by atoms with Crippen LogP contribution in [0.1, 0.15) is 18.1 Å². The number of aromatic nitrogens is 3. The summed E-state index contributed by atoms with van der Waals surface area (Å²) in [6.07, 6.45) is 1.74. The fraction of sp³-hybridized carbons (Fsp3) is 0.129.